The highest BCUT2D eigenvalue weighted by Crippen LogP contribution is 2.17. The molecule has 1 saturated heterocycles. The van der Waals surface area contributed by atoms with E-state index in [0.717, 1.165) is 25.8 Å². The van der Waals surface area contributed by atoms with Gasteiger partial charge in [0.1, 0.15) is 0 Å². The lowest BCUT2D eigenvalue weighted by Crippen LogP contribution is -2.26. The molecule has 1 atom stereocenters. The molecule has 0 saturated carbocycles. The van der Waals surface area contributed by atoms with E-state index in [1.807, 2.05) is 0 Å². The summed E-state index contributed by atoms with van der Waals surface area (Å²) in [6.07, 6.45) is 8.98. The summed E-state index contributed by atoms with van der Waals surface area (Å²) >= 11 is 0. The number of rotatable bonds is 11. The van der Waals surface area contributed by atoms with Gasteiger partial charge in [-0.1, -0.05) is 6.92 Å². The van der Waals surface area contributed by atoms with Crippen LogP contribution < -0.4 is 5.32 Å². The number of nitrogens with zero attached hydrogens (tertiary/aromatic N) is 1. The lowest BCUT2D eigenvalue weighted by Gasteiger charge is -2.18. The van der Waals surface area contributed by atoms with E-state index in [0.29, 0.717) is 0 Å². The van der Waals surface area contributed by atoms with Gasteiger partial charge < -0.3 is 15.0 Å². The van der Waals surface area contributed by atoms with E-state index in [-0.39, 0.29) is 0 Å². The van der Waals surface area contributed by atoms with Crippen LogP contribution >= 0.6 is 0 Å². The van der Waals surface area contributed by atoms with Crippen molar-refractivity contribution in [1.82, 2.24) is 10.2 Å². The minimum atomic E-state index is 0.781. The van der Waals surface area contributed by atoms with Gasteiger partial charge in [0.2, 0.25) is 0 Å². The Labute approximate surface area is 113 Å². The van der Waals surface area contributed by atoms with Gasteiger partial charge in [-0.25, -0.2) is 0 Å². The Bertz CT molecular complexity index is 187. The van der Waals surface area contributed by atoms with E-state index in [4.69, 9.17) is 4.74 Å². The first kappa shape index (κ1) is 15.9. The maximum atomic E-state index is 5.72. The molecule has 1 N–H and O–H groups in total. The molecule has 1 heterocycles. The van der Waals surface area contributed by atoms with Gasteiger partial charge in [-0.15, -0.1) is 0 Å². The molecule has 0 radical (unpaired) electrons. The van der Waals surface area contributed by atoms with Crippen LogP contribution in [0.15, 0.2) is 0 Å². The van der Waals surface area contributed by atoms with Gasteiger partial charge in [0.15, 0.2) is 0 Å². The van der Waals surface area contributed by atoms with Crippen molar-refractivity contribution in [3.63, 3.8) is 0 Å². The zero-order valence-corrected chi connectivity index (χ0v) is 12.4. The molecule has 0 aliphatic carbocycles. The van der Waals surface area contributed by atoms with Gasteiger partial charge in [-0.2, -0.15) is 0 Å². The first-order chi connectivity index (χ1) is 8.84. The zero-order valence-electron chi connectivity index (χ0n) is 12.4. The molecular formula is C15H32N2O. The van der Waals surface area contributed by atoms with Crippen LogP contribution in [0.1, 0.15) is 51.9 Å². The fourth-order valence-corrected chi connectivity index (χ4v) is 2.60. The molecule has 108 valence electrons. The Hall–Kier alpha value is -0.120. The van der Waals surface area contributed by atoms with Crippen LogP contribution in [0.4, 0.5) is 0 Å². The lowest BCUT2D eigenvalue weighted by molar-refractivity contribution is 0.110. The molecule has 0 amide bonds. The third-order valence-corrected chi connectivity index (χ3v) is 3.84. The monoisotopic (exact) mass is 256 g/mol. The number of unbranched alkanes of at least 4 members (excludes halogenated alkanes) is 2. The fourth-order valence-electron chi connectivity index (χ4n) is 2.60. The Morgan fingerprint density at radius 2 is 2.06 bits per heavy atom. The molecule has 1 fully saturated rings. The van der Waals surface area contributed by atoms with Crippen molar-refractivity contribution in [3.8, 4) is 0 Å². The van der Waals surface area contributed by atoms with Crippen molar-refractivity contribution in [1.29, 1.82) is 0 Å². The standard InChI is InChI=1S/C15H32N2O/c1-3-10-16-11-5-4-6-13-18-14-9-15-8-7-12-17(15)2/h15-16H,3-14H2,1-2H3. The Morgan fingerprint density at radius 3 is 2.78 bits per heavy atom. The summed E-state index contributed by atoms with van der Waals surface area (Å²) in [6.45, 7) is 7.71. The third kappa shape index (κ3) is 7.34. The van der Waals surface area contributed by atoms with Crippen molar-refractivity contribution in [2.45, 2.75) is 57.9 Å². The van der Waals surface area contributed by atoms with E-state index in [9.17, 15) is 0 Å². The number of nitrogens with one attached hydrogen (secondary N) is 1. The average molecular weight is 256 g/mol. The van der Waals surface area contributed by atoms with Gasteiger partial charge >= 0.3 is 0 Å². The van der Waals surface area contributed by atoms with Crippen molar-refractivity contribution in [2.75, 3.05) is 39.9 Å². The van der Waals surface area contributed by atoms with Gasteiger partial charge in [-0.05, 0) is 71.6 Å². The minimum absolute atomic E-state index is 0.781. The summed E-state index contributed by atoms with van der Waals surface area (Å²) < 4.78 is 5.72. The van der Waals surface area contributed by atoms with Crippen LogP contribution in [-0.2, 0) is 4.74 Å². The highest BCUT2D eigenvalue weighted by atomic mass is 16.5. The van der Waals surface area contributed by atoms with Crippen molar-refractivity contribution in [3.05, 3.63) is 0 Å². The normalized spacial score (nSPS) is 20.7. The Kier molecular flexibility index (Phi) is 9.54. The average Bonchev–Trinajstić information content (AvgIpc) is 2.77. The zero-order chi connectivity index (χ0) is 13.1. The van der Waals surface area contributed by atoms with Gasteiger partial charge in [-0.3, -0.25) is 0 Å². The summed E-state index contributed by atoms with van der Waals surface area (Å²) in [7, 11) is 2.24. The van der Waals surface area contributed by atoms with Gasteiger partial charge in [0.05, 0.1) is 0 Å². The second-order valence-electron chi connectivity index (χ2n) is 5.49. The second kappa shape index (κ2) is 10.8. The molecule has 0 aromatic heterocycles. The number of hydrogen-bond acceptors (Lipinski definition) is 3. The fraction of sp³-hybridized carbons (Fsp3) is 1.00. The maximum absolute atomic E-state index is 5.72. The van der Waals surface area contributed by atoms with Crippen molar-refractivity contribution >= 4 is 0 Å². The SMILES string of the molecule is CCCNCCCCCOCCC1CCCN1C. The Balaban J connectivity index is 1.76. The van der Waals surface area contributed by atoms with Crippen molar-refractivity contribution in [2.24, 2.45) is 0 Å². The first-order valence-corrected chi connectivity index (χ1v) is 7.83. The smallest absolute Gasteiger partial charge is 0.0480 e. The van der Waals surface area contributed by atoms with E-state index >= 15 is 0 Å². The highest BCUT2D eigenvalue weighted by Gasteiger charge is 2.19. The van der Waals surface area contributed by atoms with E-state index < -0.39 is 0 Å². The largest absolute Gasteiger partial charge is 0.381 e. The molecule has 3 heteroatoms. The van der Waals surface area contributed by atoms with E-state index in [1.54, 1.807) is 0 Å². The summed E-state index contributed by atoms with van der Waals surface area (Å²) in [5.41, 5.74) is 0. The highest BCUT2D eigenvalue weighted by molar-refractivity contribution is 4.75. The van der Waals surface area contributed by atoms with Crippen LogP contribution in [0, 0.1) is 0 Å². The molecule has 0 aromatic rings. The predicted molar refractivity (Wildman–Crippen MR) is 78.1 cm³/mol. The summed E-state index contributed by atoms with van der Waals surface area (Å²) in [5, 5.41) is 3.43. The summed E-state index contributed by atoms with van der Waals surface area (Å²) in [6, 6.07) is 0.781. The van der Waals surface area contributed by atoms with E-state index in [1.165, 1.54) is 58.0 Å². The third-order valence-electron chi connectivity index (χ3n) is 3.84. The molecule has 0 bridgehead atoms. The second-order valence-corrected chi connectivity index (χ2v) is 5.49. The maximum Gasteiger partial charge on any atom is 0.0480 e. The first-order valence-electron chi connectivity index (χ1n) is 7.83. The molecule has 1 unspecified atom stereocenters. The number of hydrogen-bond donors (Lipinski definition) is 1. The lowest BCUT2D eigenvalue weighted by atomic mass is 10.1. The minimum Gasteiger partial charge on any atom is -0.381 e. The molecular weight excluding hydrogens is 224 g/mol. The van der Waals surface area contributed by atoms with Crippen LogP contribution in [0.3, 0.4) is 0 Å². The number of ether oxygens (including phenoxy) is 1. The quantitative estimate of drug-likeness (QED) is 0.575. The van der Waals surface area contributed by atoms with Crippen molar-refractivity contribution < 1.29 is 4.74 Å². The molecule has 1 rings (SSSR count). The van der Waals surface area contributed by atoms with E-state index in [2.05, 4.69) is 24.2 Å². The number of likely N-dealkylation sites (tertiary alicyclic amines) is 1. The molecule has 1 aliphatic rings. The topological polar surface area (TPSA) is 24.5 Å². The molecule has 1 aliphatic heterocycles. The van der Waals surface area contributed by atoms with Gasteiger partial charge in [0, 0.05) is 19.3 Å². The molecule has 18 heavy (non-hydrogen) atoms. The van der Waals surface area contributed by atoms with Crippen LogP contribution in [0.5, 0.6) is 0 Å². The van der Waals surface area contributed by atoms with Crippen LogP contribution in [-0.4, -0.2) is 50.8 Å². The summed E-state index contributed by atoms with van der Waals surface area (Å²) in [5.74, 6) is 0. The summed E-state index contributed by atoms with van der Waals surface area (Å²) in [4.78, 5) is 2.47. The van der Waals surface area contributed by atoms with Crippen LogP contribution in [0.2, 0.25) is 0 Å². The molecule has 0 aromatic carbocycles. The molecule has 3 nitrogen and oxygen atoms in total. The Morgan fingerprint density at radius 1 is 1.17 bits per heavy atom. The van der Waals surface area contributed by atoms with Crippen LogP contribution in [0.25, 0.3) is 0 Å². The predicted octanol–water partition coefficient (Wildman–Crippen LogP) is 2.66. The molecule has 0 spiro atoms. The van der Waals surface area contributed by atoms with Gasteiger partial charge in [0.25, 0.3) is 0 Å².